The number of para-hydroxylation sites is 1. The van der Waals surface area contributed by atoms with Crippen molar-refractivity contribution in [2.75, 3.05) is 11.9 Å². The number of benzene rings is 2. The van der Waals surface area contributed by atoms with Crippen LogP contribution in [0.5, 0.6) is 0 Å². The molecule has 0 aliphatic heterocycles. The van der Waals surface area contributed by atoms with E-state index in [-0.39, 0.29) is 11.3 Å². The van der Waals surface area contributed by atoms with Crippen molar-refractivity contribution in [3.05, 3.63) is 59.4 Å². The Bertz CT molecular complexity index is 623. The highest BCUT2D eigenvalue weighted by Gasteiger charge is 2.18. The van der Waals surface area contributed by atoms with Gasteiger partial charge in [-0.05, 0) is 36.2 Å². The summed E-state index contributed by atoms with van der Waals surface area (Å²) in [5.74, 6) is -1.69. The second-order valence-corrected chi connectivity index (χ2v) is 4.52. The average Bonchev–Trinajstić information content (AvgIpc) is 2.46. The minimum atomic E-state index is -1.14. The van der Waals surface area contributed by atoms with Crippen LogP contribution in [0.3, 0.4) is 0 Å². The summed E-state index contributed by atoms with van der Waals surface area (Å²) in [6, 6.07) is 11.7. The van der Waals surface area contributed by atoms with Gasteiger partial charge in [-0.3, -0.25) is 0 Å². The molecule has 0 spiro atoms. The van der Waals surface area contributed by atoms with Crippen molar-refractivity contribution < 1.29 is 14.3 Å². The first-order valence-electron chi connectivity index (χ1n) is 6.39. The third-order valence-electron chi connectivity index (χ3n) is 3.28. The number of anilines is 2. The first kappa shape index (κ1) is 14.1. The van der Waals surface area contributed by atoms with Crippen molar-refractivity contribution in [1.29, 1.82) is 0 Å². The summed E-state index contributed by atoms with van der Waals surface area (Å²) in [6.07, 6.45) is 0.921. The number of nitrogens with zero attached hydrogens (tertiary/aromatic N) is 1. The predicted octanol–water partition coefficient (Wildman–Crippen LogP) is 3.85. The Morgan fingerprint density at radius 1 is 1.20 bits per heavy atom. The molecule has 20 heavy (non-hydrogen) atoms. The van der Waals surface area contributed by atoms with Crippen LogP contribution in [0, 0.1) is 5.82 Å². The molecule has 4 heteroatoms. The molecule has 0 aromatic heterocycles. The van der Waals surface area contributed by atoms with E-state index in [1.165, 1.54) is 23.8 Å². The average molecular weight is 273 g/mol. The lowest BCUT2D eigenvalue weighted by atomic mass is 10.1. The Labute approximate surface area is 117 Å². The fraction of sp³-hybridized carbons (Fsp3) is 0.188. The van der Waals surface area contributed by atoms with Gasteiger partial charge in [-0.2, -0.15) is 0 Å². The van der Waals surface area contributed by atoms with Gasteiger partial charge in [0.2, 0.25) is 0 Å². The maximum absolute atomic E-state index is 14.0. The highest BCUT2D eigenvalue weighted by molar-refractivity contribution is 5.95. The Morgan fingerprint density at radius 2 is 1.85 bits per heavy atom. The lowest BCUT2D eigenvalue weighted by Crippen LogP contribution is -2.15. The molecule has 0 atom stereocenters. The summed E-state index contributed by atoms with van der Waals surface area (Å²) in [6.45, 7) is 2.05. The van der Waals surface area contributed by atoms with Crippen LogP contribution in [0.4, 0.5) is 15.8 Å². The van der Waals surface area contributed by atoms with Crippen LogP contribution >= 0.6 is 0 Å². The molecule has 2 aromatic carbocycles. The Hall–Kier alpha value is -2.36. The second kappa shape index (κ2) is 5.74. The number of hydrogen-bond acceptors (Lipinski definition) is 2. The molecule has 0 saturated heterocycles. The van der Waals surface area contributed by atoms with E-state index >= 15 is 0 Å². The maximum Gasteiger partial charge on any atom is 0.337 e. The Balaban J connectivity index is 2.46. The largest absolute Gasteiger partial charge is 0.478 e. The van der Waals surface area contributed by atoms with Gasteiger partial charge in [0, 0.05) is 12.7 Å². The Kier molecular flexibility index (Phi) is 4.03. The molecule has 0 aliphatic rings. The molecule has 0 bridgehead atoms. The van der Waals surface area contributed by atoms with Crippen molar-refractivity contribution in [2.24, 2.45) is 0 Å². The molecule has 0 unspecified atom stereocenters. The molecular weight excluding hydrogens is 257 g/mol. The molecule has 0 fully saturated rings. The minimum absolute atomic E-state index is 0.0490. The van der Waals surface area contributed by atoms with E-state index in [1.807, 2.05) is 24.3 Å². The number of carbonyl (C=O) groups is 1. The molecule has 104 valence electrons. The van der Waals surface area contributed by atoms with Gasteiger partial charge >= 0.3 is 5.97 Å². The lowest BCUT2D eigenvalue weighted by Gasteiger charge is -2.22. The van der Waals surface area contributed by atoms with Gasteiger partial charge in [0.15, 0.2) is 0 Å². The van der Waals surface area contributed by atoms with Crippen molar-refractivity contribution in [1.82, 2.24) is 0 Å². The fourth-order valence-electron chi connectivity index (χ4n) is 2.11. The molecule has 0 aliphatic carbocycles. The number of halogens is 1. The first-order valence-corrected chi connectivity index (χ1v) is 6.39. The van der Waals surface area contributed by atoms with E-state index in [0.29, 0.717) is 0 Å². The Morgan fingerprint density at radius 3 is 2.40 bits per heavy atom. The van der Waals surface area contributed by atoms with E-state index in [4.69, 9.17) is 0 Å². The summed E-state index contributed by atoms with van der Waals surface area (Å²) in [5.41, 5.74) is 1.94. The first-order chi connectivity index (χ1) is 9.54. The second-order valence-electron chi connectivity index (χ2n) is 4.52. The van der Waals surface area contributed by atoms with Gasteiger partial charge in [-0.25, -0.2) is 9.18 Å². The zero-order valence-corrected chi connectivity index (χ0v) is 11.4. The summed E-state index contributed by atoms with van der Waals surface area (Å²) in [5, 5.41) is 9.17. The van der Waals surface area contributed by atoms with E-state index < -0.39 is 11.8 Å². The fourth-order valence-corrected chi connectivity index (χ4v) is 2.11. The van der Waals surface area contributed by atoms with Crippen LogP contribution in [0.2, 0.25) is 0 Å². The van der Waals surface area contributed by atoms with Crippen LogP contribution in [0.15, 0.2) is 42.5 Å². The van der Waals surface area contributed by atoms with Crippen molar-refractivity contribution >= 4 is 17.3 Å². The zero-order valence-electron chi connectivity index (χ0n) is 11.4. The summed E-state index contributed by atoms with van der Waals surface area (Å²) in [7, 11) is 1.66. The number of aryl methyl sites for hydroxylation is 1. The van der Waals surface area contributed by atoms with Crippen LogP contribution in [-0.2, 0) is 6.42 Å². The van der Waals surface area contributed by atoms with Gasteiger partial charge in [0.1, 0.15) is 5.82 Å². The SMILES string of the molecule is CCc1ccc(N(C)c2c(F)cccc2C(=O)O)cc1. The number of rotatable bonds is 4. The van der Waals surface area contributed by atoms with Gasteiger partial charge in [0.25, 0.3) is 0 Å². The van der Waals surface area contributed by atoms with Crippen molar-refractivity contribution in [2.45, 2.75) is 13.3 Å². The van der Waals surface area contributed by atoms with E-state index in [0.717, 1.165) is 12.1 Å². The van der Waals surface area contributed by atoms with E-state index in [1.54, 1.807) is 11.9 Å². The minimum Gasteiger partial charge on any atom is -0.478 e. The highest BCUT2D eigenvalue weighted by atomic mass is 19.1. The molecule has 3 nitrogen and oxygen atoms in total. The van der Waals surface area contributed by atoms with Crippen molar-refractivity contribution in [3.63, 3.8) is 0 Å². The lowest BCUT2D eigenvalue weighted by molar-refractivity contribution is 0.0697. The van der Waals surface area contributed by atoms with E-state index in [9.17, 15) is 14.3 Å². The number of aromatic carboxylic acids is 1. The molecule has 0 saturated carbocycles. The predicted molar refractivity (Wildman–Crippen MR) is 77.2 cm³/mol. The summed E-state index contributed by atoms with van der Waals surface area (Å²) >= 11 is 0. The molecular formula is C16H16FNO2. The van der Waals surface area contributed by atoms with Crippen LogP contribution < -0.4 is 4.90 Å². The van der Waals surface area contributed by atoms with Crippen LogP contribution in [0.1, 0.15) is 22.8 Å². The molecule has 2 rings (SSSR count). The van der Waals surface area contributed by atoms with Gasteiger partial charge in [-0.15, -0.1) is 0 Å². The zero-order chi connectivity index (χ0) is 14.7. The van der Waals surface area contributed by atoms with Gasteiger partial charge in [0.05, 0.1) is 11.3 Å². The number of hydrogen-bond donors (Lipinski definition) is 1. The molecule has 0 amide bonds. The topological polar surface area (TPSA) is 40.5 Å². The quantitative estimate of drug-likeness (QED) is 0.919. The normalized spacial score (nSPS) is 10.3. The third kappa shape index (κ3) is 2.64. The third-order valence-corrected chi connectivity index (χ3v) is 3.28. The van der Waals surface area contributed by atoms with Crippen LogP contribution in [0.25, 0.3) is 0 Å². The van der Waals surface area contributed by atoms with Gasteiger partial charge in [-0.1, -0.05) is 25.1 Å². The molecule has 2 aromatic rings. The smallest absolute Gasteiger partial charge is 0.337 e. The molecule has 0 radical (unpaired) electrons. The molecule has 1 N–H and O–H groups in total. The number of carboxylic acid groups (broad SMARTS) is 1. The molecule has 0 heterocycles. The summed E-state index contributed by atoms with van der Waals surface area (Å²) < 4.78 is 14.0. The maximum atomic E-state index is 14.0. The van der Waals surface area contributed by atoms with Crippen molar-refractivity contribution in [3.8, 4) is 0 Å². The monoisotopic (exact) mass is 273 g/mol. The van der Waals surface area contributed by atoms with Crippen LogP contribution in [-0.4, -0.2) is 18.1 Å². The number of carboxylic acids is 1. The van der Waals surface area contributed by atoms with E-state index in [2.05, 4.69) is 6.92 Å². The highest BCUT2D eigenvalue weighted by Crippen LogP contribution is 2.30. The summed E-state index contributed by atoms with van der Waals surface area (Å²) in [4.78, 5) is 12.8. The van der Waals surface area contributed by atoms with Gasteiger partial charge < -0.3 is 10.0 Å². The standard InChI is InChI=1S/C16H16FNO2/c1-3-11-7-9-12(10-8-11)18(2)15-13(16(19)20)5-4-6-14(15)17/h4-10H,3H2,1-2H3,(H,19,20).